The number of halogens is 1. The fourth-order valence-electron chi connectivity index (χ4n) is 2.55. The van der Waals surface area contributed by atoms with Crippen LogP contribution < -0.4 is 10.1 Å². The molecule has 0 saturated heterocycles. The Kier molecular flexibility index (Phi) is 4.40. The minimum absolute atomic E-state index is 0.0845. The average Bonchev–Trinajstić information content (AvgIpc) is 2.92. The van der Waals surface area contributed by atoms with Gasteiger partial charge in [0.2, 0.25) is 5.91 Å². The molecule has 1 unspecified atom stereocenters. The summed E-state index contributed by atoms with van der Waals surface area (Å²) >= 11 is 0. The van der Waals surface area contributed by atoms with Crippen LogP contribution in [0.1, 0.15) is 44.2 Å². The van der Waals surface area contributed by atoms with Crippen molar-refractivity contribution in [2.75, 3.05) is 7.11 Å². The molecule has 2 rings (SSSR count). The van der Waals surface area contributed by atoms with Crippen molar-refractivity contribution < 1.29 is 13.9 Å². The lowest BCUT2D eigenvalue weighted by atomic mass is 10.0. The normalized spacial score (nSPS) is 17.2. The van der Waals surface area contributed by atoms with Gasteiger partial charge in [0.25, 0.3) is 0 Å². The molecule has 1 fully saturated rings. The Labute approximate surface area is 113 Å². The maximum Gasteiger partial charge on any atom is 0.223 e. The SMILES string of the molecule is COc1ccc(C(C)NC(=O)C2CCCC2)cc1F. The molecule has 1 atom stereocenters. The van der Waals surface area contributed by atoms with Gasteiger partial charge in [0, 0.05) is 5.92 Å². The Morgan fingerprint density at radius 3 is 2.68 bits per heavy atom. The van der Waals surface area contributed by atoms with Crippen LogP contribution in [0.5, 0.6) is 5.75 Å². The van der Waals surface area contributed by atoms with Crippen molar-refractivity contribution in [3.63, 3.8) is 0 Å². The molecular weight excluding hydrogens is 245 g/mol. The van der Waals surface area contributed by atoms with E-state index >= 15 is 0 Å². The summed E-state index contributed by atoms with van der Waals surface area (Å²) < 4.78 is 18.5. The second-order valence-electron chi connectivity index (χ2n) is 5.11. The molecule has 0 aromatic heterocycles. The summed E-state index contributed by atoms with van der Waals surface area (Å²) in [5.41, 5.74) is 0.754. The zero-order chi connectivity index (χ0) is 13.8. The lowest BCUT2D eigenvalue weighted by molar-refractivity contribution is -0.125. The van der Waals surface area contributed by atoms with Gasteiger partial charge in [-0.2, -0.15) is 0 Å². The Bertz CT molecular complexity index is 455. The van der Waals surface area contributed by atoms with Gasteiger partial charge >= 0.3 is 0 Å². The lowest BCUT2D eigenvalue weighted by Crippen LogP contribution is -2.31. The second-order valence-corrected chi connectivity index (χ2v) is 5.11. The lowest BCUT2D eigenvalue weighted by Gasteiger charge is -2.17. The van der Waals surface area contributed by atoms with Crippen LogP contribution in [0.3, 0.4) is 0 Å². The number of carbonyl (C=O) groups excluding carboxylic acids is 1. The van der Waals surface area contributed by atoms with Crippen molar-refractivity contribution in [1.82, 2.24) is 5.32 Å². The van der Waals surface area contributed by atoms with Crippen LogP contribution in [0.15, 0.2) is 18.2 Å². The molecule has 1 N–H and O–H groups in total. The van der Waals surface area contributed by atoms with Crippen molar-refractivity contribution >= 4 is 5.91 Å². The largest absolute Gasteiger partial charge is 0.494 e. The highest BCUT2D eigenvalue weighted by Gasteiger charge is 2.24. The highest BCUT2D eigenvalue weighted by Crippen LogP contribution is 2.26. The summed E-state index contributed by atoms with van der Waals surface area (Å²) in [7, 11) is 1.43. The predicted molar refractivity (Wildman–Crippen MR) is 71.5 cm³/mol. The summed E-state index contributed by atoms with van der Waals surface area (Å²) in [6.45, 7) is 1.87. The van der Waals surface area contributed by atoms with E-state index in [-0.39, 0.29) is 23.6 Å². The van der Waals surface area contributed by atoms with E-state index in [9.17, 15) is 9.18 Å². The molecular formula is C15H20FNO2. The number of benzene rings is 1. The summed E-state index contributed by atoms with van der Waals surface area (Å²) in [6, 6.07) is 4.59. The van der Waals surface area contributed by atoms with Gasteiger partial charge in [-0.15, -0.1) is 0 Å². The van der Waals surface area contributed by atoms with E-state index in [4.69, 9.17) is 4.74 Å². The fraction of sp³-hybridized carbons (Fsp3) is 0.533. The van der Waals surface area contributed by atoms with E-state index < -0.39 is 5.82 Å². The topological polar surface area (TPSA) is 38.3 Å². The van der Waals surface area contributed by atoms with Crippen molar-refractivity contribution in [3.8, 4) is 5.75 Å². The number of carbonyl (C=O) groups is 1. The molecule has 0 aliphatic heterocycles. The molecule has 0 heterocycles. The minimum Gasteiger partial charge on any atom is -0.494 e. The van der Waals surface area contributed by atoms with Crippen LogP contribution in [-0.4, -0.2) is 13.0 Å². The quantitative estimate of drug-likeness (QED) is 0.908. The number of nitrogens with one attached hydrogen (secondary N) is 1. The van der Waals surface area contributed by atoms with Crippen molar-refractivity contribution in [3.05, 3.63) is 29.6 Å². The molecule has 0 bridgehead atoms. The third kappa shape index (κ3) is 3.25. The summed E-state index contributed by atoms with van der Waals surface area (Å²) in [4.78, 5) is 12.0. The third-order valence-corrected chi connectivity index (χ3v) is 3.76. The monoisotopic (exact) mass is 265 g/mol. The van der Waals surface area contributed by atoms with Gasteiger partial charge in [0.1, 0.15) is 0 Å². The molecule has 1 aromatic carbocycles. The molecule has 1 amide bonds. The van der Waals surface area contributed by atoms with Crippen LogP contribution in [0.4, 0.5) is 4.39 Å². The van der Waals surface area contributed by atoms with Gasteiger partial charge < -0.3 is 10.1 Å². The van der Waals surface area contributed by atoms with Crippen molar-refractivity contribution in [2.45, 2.75) is 38.6 Å². The maximum atomic E-state index is 13.6. The standard InChI is InChI=1S/C15H20FNO2/c1-10(17-15(18)11-5-3-4-6-11)12-7-8-14(19-2)13(16)9-12/h7-11H,3-6H2,1-2H3,(H,17,18). The first-order valence-corrected chi connectivity index (χ1v) is 6.75. The Morgan fingerprint density at radius 1 is 1.42 bits per heavy atom. The van der Waals surface area contributed by atoms with Crippen molar-refractivity contribution in [2.24, 2.45) is 5.92 Å². The first-order valence-electron chi connectivity index (χ1n) is 6.75. The highest BCUT2D eigenvalue weighted by molar-refractivity contribution is 5.79. The summed E-state index contributed by atoms with van der Waals surface area (Å²) in [5.74, 6) is 0.0341. The number of hydrogen-bond acceptors (Lipinski definition) is 2. The first kappa shape index (κ1) is 13.8. The van der Waals surface area contributed by atoms with Crippen LogP contribution >= 0.6 is 0 Å². The molecule has 19 heavy (non-hydrogen) atoms. The van der Waals surface area contributed by atoms with E-state index in [2.05, 4.69) is 5.32 Å². The predicted octanol–water partition coefficient (Wildman–Crippen LogP) is 3.20. The number of amides is 1. The number of hydrogen-bond donors (Lipinski definition) is 1. The maximum absolute atomic E-state index is 13.6. The van der Waals surface area contributed by atoms with E-state index in [1.807, 2.05) is 6.92 Å². The van der Waals surface area contributed by atoms with Crippen LogP contribution in [0.25, 0.3) is 0 Å². The number of ether oxygens (including phenoxy) is 1. The minimum atomic E-state index is -0.401. The van der Waals surface area contributed by atoms with Crippen LogP contribution in [-0.2, 0) is 4.79 Å². The highest BCUT2D eigenvalue weighted by atomic mass is 19.1. The molecule has 0 radical (unpaired) electrons. The molecule has 3 nitrogen and oxygen atoms in total. The first-order chi connectivity index (χ1) is 9.11. The Balaban J connectivity index is 2.00. The zero-order valence-electron chi connectivity index (χ0n) is 11.4. The van der Waals surface area contributed by atoms with Gasteiger partial charge in [-0.3, -0.25) is 4.79 Å². The summed E-state index contributed by atoms with van der Waals surface area (Å²) in [5, 5.41) is 2.96. The van der Waals surface area contributed by atoms with E-state index in [1.165, 1.54) is 13.2 Å². The second kappa shape index (κ2) is 6.04. The van der Waals surface area contributed by atoms with Gasteiger partial charge in [-0.25, -0.2) is 4.39 Å². The Morgan fingerprint density at radius 2 is 2.11 bits per heavy atom. The van der Waals surface area contributed by atoms with Gasteiger partial charge in [0.15, 0.2) is 11.6 Å². The van der Waals surface area contributed by atoms with Crippen molar-refractivity contribution in [1.29, 1.82) is 0 Å². The van der Waals surface area contributed by atoms with Gasteiger partial charge in [-0.05, 0) is 37.5 Å². The average molecular weight is 265 g/mol. The van der Waals surface area contributed by atoms with Crippen LogP contribution in [0, 0.1) is 11.7 Å². The zero-order valence-corrected chi connectivity index (χ0v) is 11.4. The molecule has 104 valence electrons. The van der Waals surface area contributed by atoms with E-state index in [0.29, 0.717) is 0 Å². The third-order valence-electron chi connectivity index (χ3n) is 3.76. The molecule has 4 heteroatoms. The molecule has 1 aliphatic carbocycles. The summed E-state index contributed by atoms with van der Waals surface area (Å²) in [6.07, 6.45) is 4.19. The smallest absolute Gasteiger partial charge is 0.223 e. The van der Waals surface area contributed by atoms with E-state index in [1.54, 1.807) is 12.1 Å². The van der Waals surface area contributed by atoms with Gasteiger partial charge in [0.05, 0.1) is 13.2 Å². The number of rotatable bonds is 4. The van der Waals surface area contributed by atoms with Gasteiger partial charge in [-0.1, -0.05) is 18.9 Å². The molecule has 1 aromatic rings. The molecule has 0 spiro atoms. The van der Waals surface area contributed by atoms with Crippen LogP contribution in [0.2, 0.25) is 0 Å². The molecule has 1 saturated carbocycles. The number of methoxy groups -OCH3 is 1. The Hall–Kier alpha value is -1.58. The van der Waals surface area contributed by atoms with E-state index in [0.717, 1.165) is 31.2 Å². The fourth-order valence-corrected chi connectivity index (χ4v) is 2.55. The molecule has 1 aliphatic rings.